The third-order valence-electron chi connectivity index (χ3n) is 6.23. The molecule has 2 rings (SSSR count). The molecule has 0 spiro atoms. The zero-order chi connectivity index (χ0) is 39.4. The number of imide groups is 2. The quantitative estimate of drug-likeness (QED) is 0.0555. The van der Waals surface area contributed by atoms with Crippen molar-refractivity contribution in [3.63, 3.8) is 0 Å². The molecular formula is C34H64N2O19. The van der Waals surface area contributed by atoms with E-state index in [9.17, 15) is 28.8 Å². The highest BCUT2D eigenvalue weighted by molar-refractivity contribution is 6.01. The second-order valence-electron chi connectivity index (χ2n) is 10.4. The van der Waals surface area contributed by atoms with Gasteiger partial charge in [0, 0.05) is 39.9 Å². The standard InChI is InChI=1S/C16H27NO9.C12H24O7.C4H5NO3.2CH4/c1-21-6-7-23-10-11-25-13-12-24-9-8-22-5-4-16(20)26-17-14(18)2-3-15(17)19;1-15-4-5-17-8-9-19-11-10-18-7-6-16-3-2-12(13)14;6-3-1-2-4(7)5(3)8;;/h2-13H2,1H3;2-11H2,1H3,(H,13,14);8H,1-2H2;2*1H4. The van der Waals surface area contributed by atoms with E-state index in [-0.39, 0.29) is 71.7 Å². The van der Waals surface area contributed by atoms with Crippen LogP contribution in [0.5, 0.6) is 0 Å². The van der Waals surface area contributed by atoms with Crippen molar-refractivity contribution in [2.45, 2.75) is 53.4 Å². The Morgan fingerprint density at radius 2 is 0.745 bits per heavy atom. The molecule has 4 amide bonds. The fraction of sp³-hybridized carbons (Fsp3) is 0.824. The van der Waals surface area contributed by atoms with Gasteiger partial charge in [-0.3, -0.25) is 29.2 Å². The number of nitrogens with zero attached hydrogens (tertiary/aromatic N) is 2. The first-order valence-electron chi connectivity index (χ1n) is 17.1. The van der Waals surface area contributed by atoms with Crippen LogP contribution in [0.3, 0.4) is 0 Å². The van der Waals surface area contributed by atoms with E-state index in [1.54, 1.807) is 14.2 Å². The molecule has 0 atom stereocenters. The molecule has 2 aliphatic rings. The Morgan fingerprint density at radius 1 is 0.473 bits per heavy atom. The normalized spacial score (nSPS) is 13.4. The molecule has 2 aliphatic heterocycles. The summed E-state index contributed by atoms with van der Waals surface area (Å²) in [5.41, 5.74) is 0. The predicted molar refractivity (Wildman–Crippen MR) is 191 cm³/mol. The van der Waals surface area contributed by atoms with Crippen molar-refractivity contribution in [2.24, 2.45) is 0 Å². The Kier molecular flexibility index (Phi) is 41.3. The molecule has 0 aromatic heterocycles. The molecule has 0 bridgehead atoms. The van der Waals surface area contributed by atoms with E-state index in [0.717, 1.165) is 0 Å². The Morgan fingerprint density at radius 3 is 1.02 bits per heavy atom. The summed E-state index contributed by atoms with van der Waals surface area (Å²) in [5, 5.41) is 17.4. The Bertz CT molecular complexity index is 971. The van der Waals surface area contributed by atoms with E-state index in [1.807, 2.05) is 0 Å². The molecule has 2 saturated heterocycles. The Hall–Kier alpha value is -3.22. The lowest BCUT2D eigenvalue weighted by molar-refractivity contribution is -0.198. The summed E-state index contributed by atoms with van der Waals surface area (Å²) < 4.78 is 51.5. The topological polar surface area (TPSA) is 251 Å². The maximum absolute atomic E-state index is 11.5. The van der Waals surface area contributed by atoms with E-state index in [0.29, 0.717) is 111 Å². The summed E-state index contributed by atoms with van der Waals surface area (Å²) in [7, 11) is 3.24. The van der Waals surface area contributed by atoms with E-state index in [4.69, 9.17) is 62.5 Å². The third-order valence-corrected chi connectivity index (χ3v) is 6.23. The molecule has 0 aromatic carbocycles. The van der Waals surface area contributed by atoms with Gasteiger partial charge in [-0.05, 0) is 0 Å². The molecule has 2 N–H and O–H groups in total. The van der Waals surface area contributed by atoms with E-state index in [1.165, 1.54) is 0 Å². The van der Waals surface area contributed by atoms with E-state index < -0.39 is 35.6 Å². The highest BCUT2D eigenvalue weighted by Gasteiger charge is 2.32. The summed E-state index contributed by atoms with van der Waals surface area (Å²) in [4.78, 5) is 69.4. The first kappa shape index (κ1) is 56.1. The average Bonchev–Trinajstić information content (AvgIpc) is 3.61. The minimum atomic E-state index is -0.859. The lowest BCUT2D eigenvalue weighted by Gasteiger charge is -2.12. The molecule has 324 valence electrons. The maximum Gasteiger partial charge on any atom is 0.335 e. The summed E-state index contributed by atoms with van der Waals surface area (Å²) in [6, 6.07) is 0. The minimum absolute atomic E-state index is 0. The van der Waals surface area contributed by atoms with Gasteiger partial charge in [0.25, 0.3) is 23.6 Å². The van der Waals surface area contributed by atoms with Gasteiger partial charge in [0.05, 0.1) is 132 Å². The number of carbonyl (C=O) groups excluding carboxylic acids is 5. The van der Waals surface area contributed by atoms with Gasteiger partial charge in [-0.2, -0.15) is 5.06 Å². The van der Waals surface area contributed by atoms with Gasteiger partial charge in [0.1, 0.15) is 0 Å². The fourth-order valence-corrected chi connectivity index (χ4v) is 3.49. The lowest BCUT2D eigenvalue weighted by Crippen LogP contribution is -2.32. The predicted octanol–water partition coefficient (Wildman–Crippen LogP) is 0.667. The molecule has 0 unspecified atom stereocenters. The molecule has 0 aromatic rings. The molecule has 21 heteroatoms. The van der Waals surface area contributed by atoms with Crippen LogP contribution in [0.1, 0.15) is 53.4 Å². The van der Waals surface area contributed by atoms with Crippen LogP contribution in [0, 0.1) is 0 Å². The van der Waals surface area contributed by atoms with Crippen molar-refractivity contribution >= 4 is 35.6 Å². The van der Waals surface area contributed by atoms with Crippen molar-refractivity contribution in [1.82, 2.24) is 10.1 Å². The van der Waals surface area contributed by atoms with Crippen molar-refractivity contribution in [3.05, 3.63) is 0 Å². The number of hydroxylamine groups is 4. The van der Waals surface area contributed by atoms with Crippen molar-refractivity contribution in [2.75, 3.05) is 133 Å². The summed E-state index contributed by atoms with van der Waals surface area (Å²) in [6.45, 7) is 8.08. The van der Waals surface area contributed by atoms with Gasteiger partial charge in [0.15, 0.2) is 0 Å². The van der Waals surface area contributed by atoms with Crippen molar-refractivity contribution in [3.8, 4) is 0 Å². The average molecular weight is 805 g/mol. The number of aliphatic carboxylic acids is 1. The van der Waals surface area contributed by atoms with Gasteiger partial charge in [-0.1, -0.05) is 14.9 Å². The number of amides is 4. The summed E-state index contributed by atoms with van der Waals surface area (Å²) in [6.07, 6.45) is 0.412. The van der Waals surface area contributed by atoms with Crippen LogP contribution >= 0.6 is 0 Å². The van der Waals surface area contributed by atoms with Crippen LogP contribution in [0.2, 0.25) is 0 Å². The van der Waals surface area contributed by atoms with Gasteiger partial charge in [-0.25, -0.2) is 4.79 Å². The van der Waals surface area contributed by atoms with Crippen molar-refractivity contribution < 1.29 is 91.3 Å². The first-order chi connectivity index (χ1) is 25.6. The second-order valence-corrected chi connectivity index (χ2v) is 10.4. The molecule has 55 heavy (non-hydrogen) atoms. The van der Waals surface area contributed by atoms with Crippen LogP contribution in [0.25, 0.3) is 0 Å². The van der Waals surface area contributed by atoms with Crippen LogP contribution in [0.15, 0.2) is 0 Å². The molecule has 2 fully saturated rings. The van der Waals surface area contributed by atoms with Crippen LogP contribution in [0.4, 0.5) is 0 Å². The molecule has 21 nitrogen and oxygen atoms in total. The van der Waals surface area contributed by atoms with Crippen LogP contribution in [-0.2, 0) is 81.0 Å². The summed E-state index contributed by atoms with van der Waals surface area (Å²) in [5.74, 6) is -3.55. The number of ether oxygens (including phenoxy) is 10. The monoisotopic (exact) mass is 804 g/mol. The van der Waals surface area contributed by atoms with Crippen LogP contribution < -0.4 is 0 Å². The number of methoxy groups -OCH3 is 2. The number of hydrogen-bond donors (Lipinski definition) is 2. The smallest absolute Gasteiger partial charge is 0.335 e. The first-order valence-corrected chi connectivity index (χ1v) is 17.1. The van der Waals surface area contributed by atoms with E-state index >= 15 is 0 Å². The third kappa shape index (κ3) is 35.0. The molecule has 0 radical (unpaired) electrons. The number of hydrogen-bond acceptors (Lipinski definition) is 18. The zero-order valence-corrected chi connectivity index (χ0v) is 30.7. The lowest BCUT2D eigenvalue weighted by atomic mass is 10.4. The second kappa shape index (κ2) is 40.4. The van der Waals surface area contributed by atoms with Gasteiger partial charge in [-0.15, -0.1) is 5.06 Å². The number of carboxylic acid groups (broad SMARTS) is 1. The number of rotatable bonds is 31. The fourth-order valence-electron chi connectivity index (χ4n) is 3.49. The highest BCUT2D eigenvalue weighted by atomic mass is 16.7. The maximum atomic E-state index is 11.5. The zero-order valence-electron chi connectivity index (χ0n) is 30.7. The number of carbonyl (C=O) groups is 6. The van der Waals surface area contributed by atoms with Gasteiger partial charge >= 0.3 is 11.9 Å². The summed E-state index contributed by atoms with van der Waals surface area (Å²) >= 11 is 0. The van der Waals surface area contributed by atoms with Crippen LogP contribution in [-0.4, -0.2) is 189 Å². The van der Waals surface area contributed by atoms with Crippen molar-refractivity contribution in [1.29, 1.82) is 0 Å². The SMILES string of the molecule is C.C.COCCOCCOCCOCCOCCC(=O)O.COCCOCCOCCOCCOCCC(=O)ON1C(=O)CCC1=O.O=C1CCC(=O)N1O. The van der Waals surface area contributed by atoms with E-state index in [2.05, 4.69) is 0 Å². The Balaban J connectivity index is -0.000000815. The molecule has 0 aliphatic carbocycles. The molecular weight excluding hydrogens is 740 g/mol. The van der Waals surface area contributed by atoms with Gasteiger partial charge in [0.2, 0.25) is 0 Å². The molecule has 2 heterocycles. The number of carboxylic acids is 1. The molecule has 0 saturated carbocycles. The highest BCUT2D eigenvalue weighted by Crippen LogP contribution is 2.12. The largest absolute Gasteiger partial charge is 0.481 e. The Labute approximate surface area is 323 Å². The van der Waals surface area contributed by atoms with Gasteiger partial charge < -0.3 is 57.3 Å². The minimum Gasteiger partial charge on any atom is -0.481 e.